The van der Waals surface area contributed by atoms with Gasteiger partial charge in [0.2, 0.25) is 0 Å². The summed E-state index contributed by atoms with van der Waals surface area (Å²) in [5, 5.41) is 4.76. The van der Waals surface area contributed by atoms with Crippen LogP contribution in [0.3, 0.4) is 0 Å². The smallest absolute Gasteiger partial charge is 0.342 e. The summed E-state index contributed by atoms with van der Waals surface area (Å²) in [4.78, 5) is 39.6. The molecule has 8 nitrogen and oxygen atoms in total. The maximum absolute atomic E-state index is 12.1. The second-order valence-corrected chi connectivity index (χ2v) is 6.39. The van der Waals surface area contributed by atoms with Crippen molar-refractivity contribution in [1.82, 2.24) is 4.98 Å². The van der Waals surface area contributed by atoms with E-state index in [4.69, 9.17) is 25.8 Å². The first kappa shape index (κ1) is 20.7. The monoisotopic (exact) mass is 412 g/mol. The molecule has 0 bridgehead atoms. The molecule has 2 rings (SSSR count). The summed E-state index contributed by atoms with van der Waals surface area (Å²) < 4.78 is 14.9. The fourth-order valence-corrected chi connectivity index (χ4v) is 2.91. The summed E-state index contributed by atoms with van der Waals surface area (Å²) in [7, 11) is 1.41. The molecule has 0 aliphatic carbocycles. The first-order chi connectivity index (χ1) is 12.9. The van der Waals surface area contributed by atoms with Gasteiger partial charge in [0.05, 0.1) is 25.8 Å². The molecule has 27 heavy (non-hydrogen) atoms. The molecule has 144 valence electrons. The molecule has 0 saturated heterocycles. The number of methoxy groups -OCH3 is 1. The standard InChI is InChI=1S/C17H17ClN2O6S/c1-3-25-15(22)7-11-9-27-17(19-11)20-14(21)8-26-16(23)12-6-10(18)4-5-13(12)24-2/h4-6,9H,3,7-8H2,1-2H3,(H,19,20,21). The normalized spacial score (nSPS) is 10.2. The van der Waals surface area contributed by atoms with Gasteiger partial charge in [0.25, 0.3) is 5.91 Å². The lowest BCUT2D eigenvalue weighted by Gasteiger charge is -2.09. The topological polar surface area (TPSA) is 104 Å². The molecule has 10 heteroatoms. The Morgan fingerprint density at radius 3 is 2.74 bits per heavy atom. The second kappa shape index (κ2) is 9.89. The van der Waals surface area contributed by atoms with Gasteiger partial charge in [0.1, 0.15) is 11.3 Å². The maximum Gasteiger partial charge on any atom is 0.342 e. The van der Waals surface area contributed by atoms with Crippen molar-refractivity contribution >= 4 is 45.9 Å². The first-order valence-electron chi connectivity index (χ1n) is 7.83. The number of anilines is 1. The molecule has 0 radical (unpaired) electrons. The van der Waals surface area contributed by atoms with Crippen molar-refractivity contribution in [1.29, 1.82) is 0 Å². The lowest BCUT2D eigenvalue weighted by molar-refractivity contribution is -0.142. The number of hydrogen-bond donors (Lipinski definition) is 1. The summed E-state index contributed by atoms with van der Waals surface area (Å²) in [6.45, 7) is 1.49. The minimum atomic E-state index is -0.744. The van der Waals surface area contributed by atoms with Crippen LogP contribution in [0, 0.1) is 0 Å². The molecule has 0 atom stereocenters. The van der Waals surface area contributed by atoms with E-state index in [0.29, 0.717) is 10.7 Å². The van der Waals surface area contributed by atoms with Crippen LogP contribution in [-0.4, -0.2) is 43.2 Å². The van der Waals surface area contributed by atoms with Crippen molar-refractivity contribution in [2.24, 2.45) is 0 Å². The summed E-state index contributed by atoms with van der Waals surface area (Å²) in [6.07, 6.45) is 0.0176. The summed E-state index contributed by atoms with van der Waals surface area (Å²) in [5.74, 6) is -1.42. The number of benzene rings is 1. The molecule has 0 aliphatic heterocycles. The number of thiazole rings is 1. The summed E-state index contributed by atoms with van der Waals surface area (Å²) >= 11 is 7.01. The Morgan fingerprint density at radius 1 is 1.26 bits per heavy atom. The number of hydrogen-bond acceptors (Lipinski definition) is 8. The van der Waals surface area contributed by atoms with Crippen LogP contribution in [0.15, 0.2) is 23.6 Å². The molecule has 1 aromatic carbocycles. The van der Waals surface area contributed by atoms with Crippen molar-refractivity contribution in [3.8, 4) is 5.75 Å². The number of carbonyl (C=O) groups excluding carboxylic acids is 3. The number of aromatic nitrogens is 1. The maximum atomic E-state index is 12.1. The van der Waals surface area contributed by atoms with Crippen molar-refractivity contribution in [2.45, 2.75) is 13.3 Å². The molecule has 0 aliphatic rings. The lowest BCUT2D eigenvalue weighted by Crippen LogP contribution is -2.21. The number of halogens is 1. The molecule has 2 aromatic rings. The van der Waals surface area contributed by atoms with Crippen LogP contribution in [0.25, 0.3) is 0 Å². The number of rotatable bonds is 8. The quantitative estimate of drug-likeness (QED) is 0.664. The third-order valence-electron chi connectivity index (χ3n) is 3.14. The van der Waals surface area contributed by atoms with E-state index in [0.717, 1.165) is 11.3 Å². The van der Waals surface area contributed by atoms with E-state index in [9.17, 15) is 14.4 Å². The van der Waals surface area contributed by atoms with Crippen LogP contribution < -0.4 is 10.1 Å². The molecule has 1 aromatic heterocycles. The zero-order chi connectivity index (χ0) is 19.8. The van der Waals surface area contributed by atoms with Crippen LogP contribution in [0.4, 0.5) is 5.13 Å². The molecular weight excluding hydrogens is 396 g/mol. The van der Waals surface area contributed by atoms with Crippen molar-refractivity contribution in [3.63, 3.8) is 0 Å². The van der Waals surface area contributed by atoms with E-state index < -0.39 is 24.5 Å². The molecule has 1 amide bonds. The second-order valence-electron chi connectivity index (χ2n) is 5.09. The SMILES string of the molecule is CCOC(=O)Cc1csc(NC(=O)COC(=O)c2cc(Cl)ccc2OC)n1. The van der Waals surface area contributed by atoms with E-state index >= 15 is 0 Å². The van der Waals surface area contributed by atoms with Gasteiger partial charge >= 0.3 is 11.9 Å². The van der Waals surface area contributed by atoms with Gasteiger partial charge in [-0.3, -0.25) is 14.9 Å². The van der Waals surface area contributed by atoms with E-state index in [1.165, 1.54) is 19.2 Å². The summed E-state index contributed by atoms with van der Waals surface area (Å²) in [5.41, 5.74) is 0.596. The molecule has 0 spiro atoms. The highest BCUT2D eigenvalue weighted by molar-refractivity contribution is 7.13. The minimum absolute atomic E-state index is 0.0176. The lowest BCUT2D eigenvalue weighted by atomic mass is 10.2. The van der Waals surface area contributed by atoms with Crippen LogP contribution in [0.5, 0.6) is 5.75 Å². The first-order valence-corrected chi connectivity index (χ1v) is 9.09. The Hall–Kier alpha value is -2.65. The highest BCUT2D eigenvalue weighted by Gasteiger charge is 2.17. The van der Waals surface area contributed by atoms with Crippen LogP contribution in [-0.2, 0) is 25.5 Å². The largest absolute Gasteiger partial charge is 0.496 e. The molecule has 0 fully saturated rings. The zero-order valence-electron chi connectivity index (χ0n) is 14.6. The number of esters is 2. The zero-order valence-corrected chi connectivity index (χ0v) is 16.2. The van der Waals surface area contributed by atoms with Gasteiger partial charge in [-0.15, -0.1) is 11.3 Å². The van der Waals surface area contributed by atoms with E-state index in [2.05, 4.69) is 10.3 Å². The number of nitrogens with one attached hydrogen (secondary N) is 1. The molecular formula is C17H17ClN2O6S. The van der Waals surface area contributed by atoms with Crippen molar-refractivity contribution in [2.75, 3.05) is 25.6 Å². The van der Waals surface area contributed by atoms with Crippen LogP contribution in [0.2, 0.25) is 5.02 Å². The Balaban J connectivity index is 1.88. The average Bonchev–Trinajstić information content (AvgIpc) is 3.06. The number of carbonyl (C=O) groups is 3. The van der Waals surface area contributed by atoms with E-state index in [-0.39, 0.29) is 29.5 Å². The van der Waals surface area contributed by atoms with Gasteiger partial charge in [-0.05, 0) is 25.1 Å². The van der Waals surface area contributed by atoms with Gasteiger partial charge in [0.15, 0.2) is 11.7 Å². The van der Waals surface area contributed by atoms with Gasteiger partial charge in [-0.1, -0.05) is 11.6 Å². The molecule has 0 saturated carbocycles. The predicted octanol–water partition coefficient (Wildman–Crippen LogP) is 2.71. The van der Waals surface area contributed by atoms with Crippen molar-refractivity contribution in [3.05, 3.63) is 39.9 Å². The minimum Gasteiger partial charge on any atom is -0.496 e. The van der Waals surface area contributed by atoms with E-state index in [1.807, 2.05) is 0 Å². The Morgan fingerprint density at radius 2 is 2.04 bits per heavy atom. The molecule has 0 unspecified atom stereocenters. The van der Waals surface area contributed by atoms with E-state index in [1.54, 1.807) is 18.4 Å². The average molecular weight is 413 g/mol. The van der Waals surface area contributed by atoms with Gasteiger partial charge in [-0.25, -0.2) is 9.78 Å². The number of amides is 1. The van der Waals surface area contributed by atoms with Gasteiger partial charge < -0.3 is 14.2 Å². The van der Waals surface area contributed by atoms with Crippen molar-refractivity contribution < 1.29 is 28.6 Å². The number of nitrogens with zero attached hydrogens (tertiary/aromatic N) is 1. The molecule has 1 N–H and O–H groups in total. The van der Waals surface area contributed by atoms with Crippen LogP contribution >= 0.6 is 22.9 Å². The fourth-order valence-electron chi connectivity index (χ4n) is 2.01. The Bertz CT molecular complexity index is 839. The Kier molecular flexibility index (Phi) is 7.56. The number of ether oxygens (including phenoxy) is 3. The highest BCUT2D eigenvalue weighted by atomic mass is 35.5. The molecule has 1 heterocycles. The van der Waals surface area contributed by atoms with Gasteiger partial charge in [0, 0.05) is 10.4 Å². The Labute approximate surface area is 164 Å². The third-order valence-corrected chi connectivity index (χ3v) is 4.19. The van der Waals surface area contributed by atoms with Gasteiger partial charge in [-0.2, -0.15) is 0 Å². The summed E-state index contributed by atoms with van der Waals surface area (Å²) in [6, 6.07) is 4.49. The third kappa shape index (κ3) is 6.22. The fraction of sp³-hybridized carbons (Fsp3) is 0.294. The predicted molar refractivity (Wildman–Crippen MR) is 99.4 cm³/mol. The van der Waals surface area contributed by atoms with Crippen LogP contribution in [0.1, 0.15) is 23.0 Å². The highest BCUT2D eigenvalue weighted by Crippen LogP contribution is 2.23.